The predicted molar refractivity (Wildman–Crippen MR) is 61.8 cm³/mol. The number of nitrogens with zero attached hydrogens (tertiary/aromatic N) is 1. The lowest BCUT2D eigenvalue weighted by Gasteiger charge is -2.36. The van der Waals surface area contributed by atoms with Gasteiger partial charge in [0.05, 0.1) is 4.90 Å². The maximum Gasteiger partial charge on any atom is 0.322 e. The first kappa shape index (κ1) is 12.7. The van der Waals surface area contributed by atoms with Gasteiger partial charge in [-0.1, -0.05) is 18.2 Å². The molecule has 1 atom stereocenters. The van der Waals surface area contributed by atoms with Crippen molar-refractivity contribution in [1.29, 1.82) is 0 Å². The Morgan fingerprint density at radius 2 is 2.06 bits per heavy atom. The van der Waals surface area contributed by atoms with Crippen LogP contribution in [0.1, 0.15) is 16.8 Å². The fourth-order valence-electron chi connectivity index (χ4n) is 1.84. The number of carbonyl (C=O) groups excluding carboxylic acids is 1. The molecule has 0 bridgehead atoms. The van der Waals surface area contributed by atoms with Gasteiger partial charge in [-0.2, -0.15) is 4.31 Å². The van der Waals surface area contributed by atoms with Gasteiger partial charge in [-0.25, -0.2) is 8.42 Å². The van der Waals surface area contributed by atoms with E-state index in [1.807, 2.05) is 0 Å². The zero-order valence-electron chi connectivity index (χ0n) is 9.31. The van der Waals surface area contributed by atoms with Crippen molar-refractivity contribution in [2.24, 2.45) is 0 Å². The Bertz CT molecular complexity index is 595. The lowest BCUT2D eigenvalue weighted by molar-refractivity contribution is -0.144. The second-order valence-electron chi connectivity index (χ2n) is 3.91. The van der Waals surface area contributed by atoms with Crippen molar-refractivity contribution in [3.8, 4) is 0 Å². The van der Waals surface area contributed by atoms with Gasteiger partial charge in [-0.15, -0.1) is 0 Å². The highest BCUT2D eigenvalue weighted by Crippen LogP contribution is 2.28. The molecule has 1 N–H and O–H groups in total. The maximum atomic E-state index is 12.2. The van der Waals surface area contributed by atoms with E-state index in [9.17, 15) is 18.0 Å². The molecule has 1 aromatic carbocycles. The number of aldehydes is 1. The van der Waals surface area contributed by atoms with Gasteiger partial charge in [0, 0.05) is 12.1 Å². The Kier molecular flexibility index (Phi) is 3.18. The summed E-state index contributed by atoms with van der Waals surface area (Å²) in [5.41, 5.74) is 0.0357. The van der Waals surface area contributed by atoms with Gasteiger partial charge in [0.15, 0.2) is 6.29 Å². The summed E-state index contributed by atoms with van der Waals surface area (Å²) in [5.74, 6) is -1.17. The molecule has 1 aromatic rings. The van der Waals surface area contributed by atoms with Crippen LogP contribution in [0.3, 0.4) is 0 Å². The van der Waals surface area contributed by atoms with Crippen molar-refractivity contribution in [3.05, 3.63) is 29.8 Å². The molecule has 0 radical (unpaired) electrons. The Hall–Kier alpha value is -1.73. The summed E-state index contributed by atoms with van der Waals surface area (Å²) in [6.45, 7) is 0.159. The first-order valence-electron chi connectivity index (χ1n) is 5.27. The first-order valence-corrected chi connectivity index (χ1v) is 6.71. The minimum atomic E-state index is -3.92. The number of hydrogen-bond donors (Lipinski definition) is 1. The third-order valence-corrected chi connectivity index (χ3v) is 4.87. The first-order chi connectivity index (χ1) is 8.48. The Morgan fingerprint density at radius 1 is 1.39 bits per heavy atom. The summed E-state index contributed by atoms with van der Waals surface area (Å²) in [5, 5.41) is 8.86. The second kappa shape index (κ2) is 4.51. The highest BCUT2D eigenvalue weighted by atomic mass is 32.2. The molecule has 6 nitrogen and oxygen atoms in total. The number of carbonyl (C=O) groups is 2. The zero-order valence-corrected chi connectivity index (χ0v) is 10.1. The Morgan fingerprint density at radius 3 is 2.56 bits per heavy atom. The highest BCUT2D eigenvalue weighted by Gasteiger charge is 2.43. The van der Waals surface area contributed by atoms with Crippen molar-refractivity contribution in [1.82, 2.24) is 4.31 Å². The van der Waals surface area contributed by atoms with Crippen LogP contribution in [-0.2, 0) is 14.8 Å². The van der Waals surface area contributed by atoms with E-state index in [1.165, 1.54) is 18.2 Å². The van der Waals surface area contributed by atoms with Gasteiger partial charge in [-0.05, 0) is 12.5 Å². The smallest absolute Gasteiger partial charge is 0.322 e. The number of carboxylic acid groups (broad SMARTS) is 1. The summed E-state index contributed by atoms with van der Waals surface area (Å²) in [4.78, 5) is 21.5. The number of carboxylic acids is 1. The van der Waals surface area contributed by atoms with E-state index in [4.69, 9.17) is 5.11 Å². The van der Waals surface area contributed by atoms with Gasteiger partial charge in [-0.3, -0.25) is 9.59 Å². The fraction of sp³-hybridized carbons (Fsp3) is 0.273. The maximum absolute atomic E-state index is 12.2. The molecule has 7 heteroatoms. The van der Waals surface area contributed by atoms with Crippen molar-refractivity contribution in [2.45, 2.75) is 17.4 Å². The van der Waals surface area contributed by atoms with E-state index >= 15 is 0 Å². The largest absolute Gasteiger partial charge is 0.480 e. The van der Waals surface area contributed by atoms with Gasteiger partial charge < -0.3 is 5.11 Å². The van der Waals surface area contributed by atoms with E-state index in [0.717, 1.165) is 4.31 Å². The van der Waals surface area contributed by atoms with Gasteiger partial charge in [0.2, 0.25) is 10.0 Å². The van der Waals surface area contributed by atoms with Crippen LogP contribution in [0.25, 0.3) is 0 Å². The number of hydrogen-bond acceptors (Lipinski definition) is 4. The lowest BCUT2D eigenvalue weighted by atomic mass is 10.1. The van der Waals surface area contributed by atoms with Gasteiger partial charge in [0.1, 0.15) is 6.04 Å². The average Bonchev–Trinajstić information content (AvgIpc) is 2.26. The van der Waals surface area contributed by atoms with Crippen LogP contribution in [0.5, 0.6) is 0 Å². The van der Waals surface area contributed by atoms with Crippen LogP contribution >= 0.6 is 0 Å². The van der Waals surface area contributed by atoms with E-state index in [0.29, 0.717) is 6.29 Å². The van der Waals surface area contributed by atoms with Crippen molar-refractivity contribution < 1.29 is 23.1 Å². The third-order valence-electron chi connectivity index (χ3n) is 2.89. The summed E-state index contributed by atoms with van der Waals surface area (Å²) in [7, 11) is -3.92. The second-order valence-corrected chi connectivity index (χ2v) is 5.77. The standard InChI is InChI=1S/C11H11NO5S/c13-7-8-3-1-2-4-10(8)18(16,17)12-6-5-9(12)11(14)15/h1-4,7,9H,5-6H2,(H,14,15). The SMILES string of the molecule is O=Cc1ccccc1S(=O)(=O)N1CCC1C(=O)O. The Balaban J connectivity index is 2.43. The van der Waals surface area contributed by atoms with Crippen LogP contribution in [-0.4, -0.2) is 42.7 Å². The summed E-state index contributed by atoms with van der Waals surface area (Å²) < 4.78 is 25.3. The van der Waals surface area contributed by atoms with Crippen LogP contribution in [0.2, 0.25) is 0 Å². The molecule has 1 fully saturated rings. The predicted octanol–water partition coefficient (Wildman–Crippen LogP) is 0.347. The molecule has 0 saturated carbocycles. The number of rotatable bonds is 4. The molecule has 96 valence electrons. The monoisotopic (exact) mass is 269 g/mol. The van der Waals surface area contributed by atoms with Gasteiger partial charge >= 0.3 is 5.97 Å². The van der Waals surface area contributed by atoms with Crippen LogP contribution in [0.15, 0.2) is 29.2 Å². The molecule has 0 aromatic heterocycles. The molecule has 1 saturated heterocycles. The van der Waals surface area contributed by atoms with Crippen LogP contribution in [0, 0.1) is 0 Å². The van der Waals surface area contributed by atoms with E-state index in [-0.39, 0.29) is 23.4 Å². The zero-order chi connectivity index (χ0) is 13.3. The quantitative estimate of drug-likeness (QED) is 0.796. The normalized spacial score (nSPS) is 20.1. The molecule has 1 aliphatic heterocycles. The van der Waals surface area contributed by atoms with Crippen molar-refractivity contribution in [2.75, 3.05) is 6.54 Å². The molecule has 1 aliphatic rings. The minimum absolute atomic E-state index is 0.0357. The number of benzene rings is 1. The number of aliphatic carboxylic acids is 1. The van der Waals surface area contributed by atoms with Crippen molar-refractivity contribution >= 4 is 22.3 Å². The molecule has 1 heterocycles. The Labute approximate surface area is 104 Å². The topological polar surface area (TPSA) is 91.8 Å². The molecular formula is C11H11NO5S. The van der Waals surface area contributed by atoms with Crippen molar-refractivity contribution in [3.63, 3.8) is 0 Å². The highest BCUT2D eigenvalue weighted by molar-refractivity contribution is 7.89. The summed E-state index contributed by atoms with van der Waals surface area (Å²) in [6, 6.07) is 4.70. The van der Waals surface area contributed by atoms with E-state index in [1.54, 1.807) is 6.07 Å². The number of sulfonamides is 1. The lowest BCUT2D eigenvalue weighted by Crippen LogP contribution is -2.55. The molecule has 0 spiro atoms. The molecule has 18 heavy (non-hydrogen) atoms. The van der Waals surface area contributed by atoms with Crippen LogP contribution in [0.4, 0.5) is 0 Å². The average molecular weight is 269 g/mol. The minimum Gasteiger partial charge on any atom is -0.480 e. The molecule has 0 amide bonds. The molecule has 0 aliphatic carbocycles. The molecular weight excluding hydrogens is 258 g/mol. The third kappa shape index (κ3) is 1.91. The van der Waals surface area contributed by atoms with Crippen LogP contribution < -0.4 is 0 Å². The fourth-order valence-corrected chi connectivity index (χ4v) is 3.63. The molecule has 1 unspecified atom stereocenters. The van der Waals surface area contributed by atoms with E-state index in [2.05, 4.69) is 0 Å². The van der Waals surface area contributed by atoms with E-state index < -0.39 is 22.0 Å². The molecule has 2 rings (SSSR count). The van der Waals surface area contributed by atoms with Gasteiger partial charge in [0.25, 0.3) is 0 Å². The summed E-state index contributed by atoms with van der Waals surface area (Å²) >= 11 is 0. The summed E-state index contributed by atoms with van der Waals surface area (Å²) in [6.07, 6.45) is 0.736.